The van der Waals surface area contributed by atoms with Crippen LogP contribution in [0.2, 0.25) is 0 Å². The fourth-order valence-electron chi connectivity index (χ4n) is 4.03. The molecule has 8 nitrogen and oxygen atoms in total. The third-order valence-electron chi connectivity index (χ3n) is 5.88. The van der Waals surface area contributed by atoms with Gasteiger partial charge in [0.15, 0.2) is 5.13 Å². The second-order valence-electron chi connectivity index (χ2n) is 8.10. The molecule has 0 radical (unpaired) electrons. The Morgan fingerprint density at radius 1 is 0.970 bits per heavy atom. The Bertz CT molecular complexity index is 1240. The number of thiazole rings is 1. The lowest BCUT2D eigenvalue weighted by Gasteiger charge is -2.25. The number of nitrogens with zero attached hydrogens (tertiary/aromatic N) is 3. The van der Waals surface area contributed by atoms with Crippen LogP contribution in [0.3, 0.4) is 0 Å². The van der Waals surface area contributed by atoms with Crippen molar-refractivity contribution in [3.05, 3.63) is 48.0 Å². The number of anilines is 1. The minimum atomic E-state index is -3.53. The van der Waals surface area contributed by atoms with Gasteiger partial charge in [-0.15, -0.1) is 0 Å². The topological polar surface area (TPSA) is 89.0 Å². The second-order valence-corrected chi connectivity index (χ2v) is 11.1. The molecule has 2 saturated heterocycles. The van der Waals surface area contributed by atoms with E-state index in [1.54, 1.807) is 17.4 Å². The largest absolute Gasteiger partial charge is 0.423 e. The van der Waals surface area contributed by atoms with Crippen LogP contribution in [0, 0.1) is 0 Å². The highest BCUT2D eigenvalue weighted by atomic mass is 32.2. The first-order valence-electron chi connectivity index (χ1n) is 11.1. The first kappa shape index (κ1) is 22.3. The van der Waals surface area contributed by atoms with Crippen LogP contribution in [0.15, 0.2) is 47.4 Å². The zero-order chi connectivity index (χ0) is 22.8. The van der Waals surface area contributed by atoms with Gasteiger partial charge in [0.25, 0.3) is 0 Å². The maximum absolute atomic E-state index is 12.8. The summed E-state index contributed by atoms with van der Waals surface area (Å²) in [7, 11) is -3.53. The van der Waals surface area contributed by atoms with E-state index in [0.717, 1.165) is 47.7 Å². The van der Waals surface area contributed by atoms with E-state index in [9.17, 15) is 13.2 Å². The number of aromatic nitrogens is 1. The van der Waals surface area contributed by atoms with Crippen LogP contribution in [0.5, 0.6) is 5.75 Å². The molecular weight excluding hydrogens is 462 g/mol. The van der Waals surface area contributed by atoms with Gasteiger partial charge in [-0.25, -0.2) is 18.2 Å². The molecule has 0 N–H and O–H groups in total. The fraction of sp³-hybridized carbons (Fsp3) is 0.391. The van der Waals surface area contributed by atoms with Crippen molar-refractivity contribution in [2.45, 2.75) is 24.2 Å². The second kappa shape index (κ2) is 9.38. The summed E-state index contributed by atoms with van der Waals surface area (Å²) >= 11 is 1.56. The molecule has 1 aromatic heterocycles. The Hall–Kier alpha value is -2.53. The summed E-state index contributed by atoms with van der Waals surface area (Å²) in [6.45, 7) is 4.09. The Morgan fingerprint density at radius 3 is 2.42 bits per heavy atom. The average molecular weight is 488 g/mol. The van der Waals surface area contributed by atoms with Crippen LogP contribution in [-0.2, 0) is 14.8 Å². The molecule has 0 saturated carbocycles. The fourth-order valence-corrected chi connectivity index (χ4v) is 6.59. The molecule has 0 unspecified atom stereocenters. The van der Waals surface area contributed by atoms with Crippen molar-refractivity contribution in [2.75, 3.05) is 44.3 Å². The number of esters is 1. The van der Waals surface area contributed by atoms with Crippen molar-refractivity contribution in [3.63, 3.8) is 0 Å². The summed E-state index contributed by atoms with van der Waals surface area (Å²) in [5.41, 5.74) is 1.15. The van der Waals surface area contributed by atoms with Gasteiger partial charge in [0, 0.05) is 32.2 Å². The van der Waals surface area contributed by atoms with E-state index in [2.05, 4.69) is 9.88 Å². The van der Waals surface area contributed by atoms with Crippen LogP contribution >= 0.6 is 11.3 Å². The average Bonchev–Trinajstić information content (AvgIpc) is 3.29. The van der Waals surface area contributed by atoms with Crippen LogP contribution in [0.4, 0.5) is 5.13 Å². The van der Waals surface area contributed by atoms with Crippen molar-refractivity contribution in [3.8, 4) is 5.75 Å². The number of carbonyl (C=O) groups excluding carboxylic acids is 1. The van der Waals surface area contributed by atoms with Crippen LogP contribution < -0.4 is 9.64 Å². The number of carbonyl (C=O) groups is 1. The van der Waals surface area contributed by atoms with Crippen molar-refractivity contribution in [2.24, 2.45) is 0 Å². The third-order valence-corrected chi connectivity index (χ3v) is 8.88. The van der Waals surface area contributed by atoms with Crippen LogP contribution in [0.1, 0.15) is 29.6 Å². The molecule has 5 rings (SSSR count). The van der Waals surface area contributed by atoms with Crippen LogP contribution in [0.25, 0.3) is 10.2 Å². The highest BCUT2D eigenvalue weighted by molar-refractivity contribution is 7.89. The molecule has 3 heterocycles. The summed E-state index contributed by atoms with van der Waals surface area (Å²) in [5.74, 6) is -0.108. The standard InChI is InChI=1S/C23H25N3O5S2/c27-22(17-4-7-19(8-5-17)33(28,29)26-10-2-1-3-11-26)31-18-6-9-20-21(16-18)32-23(24-20)25-12-14-30-15-13-25/h4-9,16H,1-3,10-15H2. The molecule has 0 atom stereocenters. The maximum Gasteiger partial charge on any atom is 0.343 e. The maximum atomic E-state index is 12.8. The van der Waals surface area contributed by atoms with Crippen molar-refractivity contribution >= 4 is 42.7 Å². The lowest BCUT2D eigenvalue weighted by atomic mass is 10.2. The zero-order valence-electron chi connectivity index (χ0n) is 18.1. The number of hydrogen-bond donors (Lipinski definition) is 0. The van der Waals surface area contributed by atoms with E-state index in [1.165, 1.54) is 28.6 Å². The van der Waals surface area contributed by atoms with Crippen molar-refractivity contribution < 1.29 is 22.7 Å². The molecule has 2 aliphatic heterocycles. The summed E-state index contributed by atoms with van der Waals surface area (Å²) in [6.07, 6.45) is 2.81. The SMILES string of the molecule is O=C(Oc1ccc2nc(N3CCOCC3)sc2c1)c1ccc(S(=O)(=O)N2CCCCC2)cc1. The van der Waals surface area contributed by atoms with Crippen molar-refractivity contribution in [1.29, 1.82) is 0 Å². The van der Waals surface area contributed by atoms with Gasteiger partial charge in [-0.3, -0.25) is 0 Å². The number of sulfonamides is 1. The summed E-state index contributed by atoms with van der Waals surface area (Å²) < 4.78 is 39.0. The smallest absolute Gasteiger partial charge is 0.343 e. The Labute approximate surface area is 196 Å². The molecule has 0 aliphatic carbocycles. The molecule has 2 aliphatic rings. The minimum absolute atomic E-state index is 0.197. The summed E-state index contributed by atoms with van der Waals surface area (Å²) in [6, 6.07) is 11.3. The molecule has 0 bridgehead atoms. The van der Waals surface area contributed by atoms with Gasteiger partial charge in [-0.1, -0.05) is 17.8 Å². The quantitative estimate of drug-likeness (QED) is 0.402. The number of fused-ring (bicyclic) bond motifs is 1. The minimum Gasteiger partial charge on any atom is -0.423 e. The predicted molar refractivity (Wildman–Crippen MR) is 127 cm³/mol. The Kier molecular flexibility index (Phi) is 6.33. The van der Waals surface area contributed by atoms with Gasteiger partial charge in [0.05, 0.1) is 33.9 Å². The molecule has 0 amide bonds. The molecule has 174 valence electrons. The molecule has 10 heteroatoms. The van der Waals surface area contributed by atoms with Crippen LogP contribution in [-0.4, -0.2) is 63.1 Å². The molecular formula is C23H25N3O5S2. The molecule has 2 fully saturated rings. The zero-order valence-corrected chi connectivity index (χ0v) is 19.7. The molecule has 3 aromatic rings. The Morgan fingerprint density at radius 2 is 1.70 bits per heavy atom. The van der Waals surface area contributed by atoms with Gasteiger partial charge in [0.1, 0.15) is 5.75 Å². The van der Waals surface area contributed by atoms with E-state index >= 15 is 0 Å². The van der Waals surface area contributed by atoms with E-state index in [0.29, 0.717) is 37.6 Å². The number of benzene rings is 2. The molecule has 0 spiro atoms. The van der Waals surface area contributed by atoms with Gasteiger partial charge < -0.3 is 14.4 Å². The normalized spacial score (nSPS) is 17.9. The molecule has 2 aromatic carbocycles. The van der Waals surface area contributed by atoms with E-state index in [-0.39, 0.29) is 4.90 Å². The predicted octanol–water partition coefficient (Wildman–Crippen LogP) is 3.53. The van der Waals surface area contributed by atoms with Gasteiger partial charge in [-0.2, -0.15) is 4.31 Å². The highest BCUT2D eigenvalue weighted by Gasteiger charge is 2.26. The number of morpholine rings is 1. The number of ether oxygens (including phenoxy) is 2. The third kappa shape index (κ3) is 4.74. The van der Waals surface area contributed by atoms with E-state index in [4.69, 9.17) is 9.47 Å². The van der Waals surface area contributed by atoms with Gasteiger partial charge in [-0.05, 0) is 49.2 Å². The number of hydrogen-bond acceptors (Lipinski definition) is 8. The number of rotatable bonds is 5. The summed E-state index contributed by atoms with van der Waals surface area (Å²) in [4.78, 5) is 19.7. The van der Waals surface area contributed by atoms with Gasteiger partial charge >= 0.3 is 5.97 Å². The first-order chi connectivity index (χ1) is 16.0. The lowest BCUT2D eigenvalue weighted by molar-refractivity contribution is 0.0735. The number of piperidine rings is 1. The molecule has 33 heavy (non-hydrogen) atoms. The lowest BCUT2D eigenvalue weighted by Crippen LogP contribution is -2.36. The van der Waals surface area contributed by atoms with E-state index in [1.807, 2.05) is 12.1 Å². The van der Waals surface area contributed by atoms with Crippen molar-refractivity contribution in [1.82, 2.24) is 9.29 Å². The van der Waals surface area contributed by atoms with Gasteiger partial charge in [0.2, 0.25) is 10.0 Å². The Balaban J connectivity index is 1.28. The van der Waals surface area contributed by atoms with E-state index < -0.39 is 16.0 Å². The first-order valence-corrected chi connectivity index (χ1v) is 13.3. The monoisotopic (exact) mass is 487 g/mol. The summed E-state index contributed by atoms with van der Waals surface area (Å²) in [5, 5.41) is 0.933. The highest BCUT2D eigenvalue weighted by Crippen LogP contribution is 2.32.